The van der Waals surface area contributed by atoms with Gasteiger partial charge in [-0.1, -0.05) is 27.7 Å². The molecule has 1 fully saturated rings. The van der Waals surface area contributed by atoms with Crippen LogP contribution in [0.5, 0.6) is 0 Å². The molecule has 0 radical (unpaired) electrons. The lowest BCUT2D eigenvalue weighted by molar-refractivity contribution is -0.132. The van der Waals surface area contributed by atoms with E-state index in [0.717, 1.165) is 25.8 Å². The number of hydrogen-bond donors (Lipinski definition) is 1. The summed E-state index contributed by atoms with van der Waals surface area (Å²) < 4.78 is 0. The van der Waals surface area contributed by atoms with Gasteiger partial charge in [-0.25, -0.2) is 0 Å². The fraction of sp³-hybridized carbons (Fsp3) is 0.909. The number of Topliss-reactive ketones (excluding diaryl/α,β-unsaturated/α-hetero) is 1. The Labute approximate surface area is 81.1 Å². The van der Waals surface area contributed by atoms with Gasteiger partial charge in [0.25, 0.3) is 0 Å². The van der Waals surface area contributed by atoms with Crippen molar-refractivity contribution in [3.05, 3.63) is 0 Å². The highest BCUT2D eigenvalue weighted by atomic mass is 16.1. The Bertz CT molecular complexity index is 197. The zero-order chi connectivity index (χ0) is 10.1. The van der Waals surface area contributed by atoms with Crippen LogP contribution in [0.1, 0.15) is 47.0 Å². The highest BCUT2D eigenvalue weighted by Crippen LogP contribution is 2.31. The van der Waals surface area contributed by atoms with Gasteiger partial charge in [0, 0.05) is 5.41 Å². The number of carbonyl (C=O) groups excluding carboxylic acids is 1. The third-order valence-electron chi connectivity index (χ3n) is 2.96. The molecule has 0 aliphatic carbocycles. The van der Waals surface area contributed by atoms with E-state index in [2.05, 4.69) is 12.2 Å². The van der Waals surface area contributed by atoms with E-state index in [1.165, 1.54) is 0 Å². The minimum Gasteiger partial charge on any atom is -0.305 e. The summed E-state index contributed by atoms with van der Waals surface area (Å²) in [4.78, 5) is 12.2. The van der Waals surface area contributed by atoms with Gasteiger partial charge in [0.2, 0.25) is 0 Å². The first-order valence-corrected chi connectivity index (χ1v) is 5.22. The van der Waals surface area contributed by atoms with Crippen molar-refractivity contribution in [2.24, 2.45) is 5.41 Å². The van der Waals surface area contributed by atoms with Crippen molar-refractivity contribution in [3.63, 3.8) is 0 Å². The van der Waals surface area contributed by atoms with Crippen LogP contribution < -0.4 is 5.32 Å². The lowest BCUT2D eigenvalue weighted by atomic mass is 9.76. The largest absolute Gasteiger partial charge is 0.305 e. The molecular weight excluding hydrogens is 162 g/mol. The van der Waals surface area contributed by atoms with Gasteiger partial charge < -0.3 is 5.32 Å². The van der Waals surface area contributed by atoms with E-state index < -0.39 is 0 Å². The van der Waals surface area contributed by atoms with Crippen LogP contribution in [0.2, 0.25) is 0 Å². The van der Waals surface area contributed by atoms with Gasteiger partial charge in [0.15, 0.2) is 5.78 Å². The zero-order valence-corrected chi connectivity index (χ0v) is 9.24. The van der Waals surface area contributed by atoms with Gasteiger partial charge >= 0.3 is 0 Å². The minimum absolute atomic E-state index is 0.210. The van der Waals surface area contributed by atoms with Crippen LogP contribution in [0.4, 0.5) is 0 Å². The summed E-state index contributed by atoms with van der Waals surface area (Å²) >= 11 is 0. The fourth-order valence-corrected chi connectivity index (χ4v) is 2.18. The Hall–Kier alpha value is -0.370. The second kappa shape index (κ2) is 3.41. The van der Waals surface area contributed by atoms with E-state index >= 15 is 0 Å². The molecule has 0 aromatic rings. The van der Waals surface area contributed by atoms with Gasteiger partial charge in [-0.2, -0.15) is 0 Å². The summed E-state index contributed by atoms with van der Waals surface area (Å²) in [5.74, 6) is 0.375. The summed E-state index contributed by atoms with van der Waals surface area (Å²) in [5.41, 5.74) is -0.425. The number of hydrogen-bond acceptors (Lipinski definition) is 2. The zero-order valence-electron chi connectivity index (χ0n) is 9.24. The number of carbonyl (C=O) groups is 1. The first-order valence-electron chi connectivity index (χ1n) is 5.22. The van der Waals surface area contributed by atoms with Crippen LogP contribution in [0, 0.1) is 5.41 Å². The number of nitrogens with one attached hydrogen (secondary N) is 1. The van der Waals surface area contributed by atoms with Gasteiger partial charge in [-0.15, -0.1) is 0 Å². The molecule has 2 heteroatoms. The van der Waals surface area contributed by atoms with Gasteiger partial charge in [-0.3, -0.25) is 4.79 Å². The maximum atomic E-state index is 12.2. The lowest BCUT2D eigenvalue weighted by Gasteiger charge is -2.33. The summed E-state index contributed by atoms with van der Waals surface area (Å²) in [7, 11) is 0. The van der Waals surface area contributed by atoms with E-state index in [0.29, 0.717) is 5.78 Å². The van der Waals surface area contributed by atoms with Crippen molar-refractivity contribution < 1.29 is 4.79 Å². The maximum absolute atomic E-state index is 12.2. The van der Waals surface area contributed by atoms with E-state index in [1.54, 1.807) is 0 Å². The van der Waals surface area contributed by atoms with Crippen molar-refractivity contribution >= 4 is 5.78 Å². The van der Waals surface area contributed by atoms with Crippen LogP contribution in [0.25, 0.3) is 0 Å². The third kappa shape index (κ3) is 1.93. The Morgan fingerprint density at radius 1 is 1.46 bits per heavy atom. The molecule has 1 atom stereocenters. The van der Waals surface area contributed by atoms with Crippen molar-refractivity contribution in [2.75, 3.05) is 6.54 Å². The third-order valence-corrected chi connectivity index (χ3v) is 2.96. The molecule has 1 aliphatic rings. The molecule has 76 valence electrons. The standard InChI is InChI=1S/C11H21NO/c1-5-11(7-6-8-12-11)9(13)10(2,3)4/h12H,5-8H2,1-4H3. The molecule has 0 spiro atoms. The van der Waals surface area contributed by atoms with Crippen LogP contribution in [0.15, 0.2) is 0 Å². The molecule has 0 aromatic heterocycles. The highest BCUT2D eigenvalue weighted by Gasteiger charge is 2.43. The molecule has 1 N–H and O–H groups in total. The molecule has 1 unspecified atom stereocenters. The van der Waals surface area contributed by atoms with Crippen molar-refractivity contribution in [2.45, 2.75) is 52.5 Å². The number of ketones is 1. The SMILES string of the molecule is CCC1(C(=O)C(C)(C)C)CCCN1. The molecule has 0 amide bonds. The quantitative estimate of drug-likeness (QED) is 0.710. The molecule has 1 heterocycles. The average Bonchev–Trinajstić information content (AvgIpc) is 2.50. The maximum Gasteiger partial charge on any atom is 0.158 e. The number of rotatable bonds is 2. The lowest BCUT2D eigenvalue weighted by Crippen LogP contribution is -2.51. The summed E-state index contributed by atoms with van der Waals surface area (Å²) in [6.07, 6.45) is 3.07. The van der Waals surface area contributed by atoms with E-state index in [4.69, 9.17) is 0 Å². The molecule has 2 nitrogen and oxygen atoms in total. The van der Waals surface area contributed by atoms with E-state index in [1.807, 2.05) is 20.8 Å². The second-order valence-corrected chi connectivity index (χ2v) is 5.05. The Balaban J connectivity index is 2.83. The molecule has 0 saturated carbocycles. The molecule has 0 aromatic carbocycles. The van der Waals surface area contributed by atoms with Gasteiger partial charge in [0.1, 0.15) is 0 Å². The van der Waals surface area contributed by atoms with Crippen LogP contribution in [0.3, 0.4) is 0 Å². The molecular formula is C11H21NO. The Morgan fingerprint density at radius 3 is 2.38 bits per heavy atom. The van der Waals surface area contributed by atoms with Crippen LogP contribution in [-0.2, 0) is 4.79 Å². The monoisotopic (exact) mass is 183 g/mol. The summed E-state index contributed by atoms with van der Waals surface area (Å²) in [6.45, 7) is 9.11. The molecule has 13 heavy (non-hydrogen) atoms. The Kier molecular flexibility index (Phi) is 2.81. The van der Waals surface area contributed by atoms with Gasteiger partial charge in [0.05, 0.1) is 5.54 Å². The van der Waals surface area contributed by atoms with Crippen molar-refractivity contribution in [1.82, 2.24) is 5.32 Å². The molecule has 1 rings (SSSR count). The summed E-state index contributed by atoms with van der Waals surface area (Å²) in [6, 6.07) is 0. The Morgan fingerprint density at radius 2 is 2.08 bits per heavy atom. The minimum atomic E-state index is -0.215. The van der Waals surface area contributed by atoms with E-state index in [9.17, 15) is 4.79 Å². The van der Waals surface area contributed by atoms with Gasteiger partial charge in [-0.05, 0) is 25.8 Å². The normalized spacial score (nSPS) is 29.2. The predicted molar refractivity (Wildman–Crippen MR) is 54.7 cm³/mol. The first kappa shape index (κ1) is 10.7. The van der Waals surface area contributed by atoms with Crippen molar-refractivity contribution in [1.29, 1.82) is 0 Å². The fourth-order valence-electron chi connectivity index (χ4n) is 2.18. The van der Waals surface area contributed by atoms with E-state index in [-0.39, 0.29) is 11.0 Å². The molecule has 0 bridgehead atoms. The topological polar surface area (TPSA) is 29.1 Å². The summed E-state index contributed by atoms with van der Waals surface area (Å²) in [5, 5.41) is 3.38. The molecule has 1 saturated heterocycles. The average molecular weight is 183 g/mol. The highest BCUT2D eigenvalue weighted by molar-refractivity contribution is 5.92. The van der Waals surface area contributed by atoms with Crippen LogP contribution in [-0.4, -0.2) is 17.9 Å². The predicted octanol–water partition coefficient (Wildman–Crippen LogP) is 2.13. The molecule has 1 aliphatic heterocycles. The first-order chi connectivity index (χ1) is 5.92. The van der Waals surface area contributed by atoms with Crippen molar-refractivity contribution in [3.8, 4) is 0 Å². The van der Waals surface area contributed by atoms with Crippen LogP contribution >= 0.6 is 0 Å². The second-order valence-electron chi connectivity index (χ2n) is 5.05. The smallest absolute Gasteiger partial charge is 0.158 e.